The number of carbonyl (C=O) groups is 1. The quantitative estimate of drug-likeness (QED) is 0.731. The maximum absolute atomic E-state index is 13.1. The van der Waals surface area contributed by atoms with E-state index in [2.05, 4.69) is 10.1 Å². The van der Waals surface area contributed by atoms with Gasteiger partial charge in [-0.3, -0.25) is 14.7 Å². The van der Waals surface area contributed by atoms with E-state index in [4.69, 9.17) is 9.47 Å². The standard InChI is InChI=1S/C21H24N4O4/c1-13-9-20(26)25-19(22-13)11-16(23-25)15-5-4-8-24(12-15)21(27)14-6-7-17(28-2)18(10-14)29-3/h6-7,9-11,15,23H,4-5,8,12H2,1-3H3/t15-/m1/s1. The number of fused-ring (bicyclic) bond motifs is 1. The van der Waals surface area contributed by atoms with Crippen LogP contribution in [-0.2, 0) is 0 Å². The first-order valence-corrected chi connectivity index (χ1v) is 9.60. The number of likely N-dealkylation sites (tertiary alicyclic amines) is 1. The molecule has 4 rings (SSSR count). The van der Waals surface area contributed by atoms with Crippen LogP contribution in [0.25, 0.3) is 5.65 Å². The minimum atomic E-state index is -0.132. The van der Waals surface area contributed by atoms with E-state index in [1.807, 2.05) is 11.0 Å². The van der Waals surface area contributed by atoms with Crippen LogP contribution >= 0.6 is 0 Å². The van der Waals surface area contributed by atoms with E-state index in [0.717, 1.165) is 18.5 Å². The lowest BCUT2D eigenvalue weighted by Crippen LogP contribution is -2.39. The smallest absolute Gasteiger partial charge is 0.272 e. The molecule has 8 heteroatoms. The van der Waals surface area contributed by atoms with Gasteiger partial charge >= 0.3 is 0 Å². The highest BCUT2D eigenvalue weighted by Gasteiger charge is 2.27. The number of ether oxygens (including phenoxy) is 2. The van der Waals surface area contributed by atoms with Gasteiger partial charge in [0.15, 0.2) is 17.1 Å². The monoisotopic (exact) mass is 396 g/mol. The Labute approximate surface area is 168 Å². The van der Waals surface area contributed by atoms with Crippen LogP contribution in [0.3, 0.4) is 0 Å². The van der Waals surface area contributed by atoms with E-state index in [9.17, 15) is 9.59 Å². The molecule has 1 saturated heterocycles. The Hall–Kier alpha value is -3.29. The summed E-state index contributed by atoms with van der Waals surface area (Å²) in [5.41, 5.74) is 2.65. The first-order chi connectivity index (χ1) is 14.0. The summed E-state index contributed by atoms with van der Waals surface area (Å²) < 4.78 is 12.0. The number of aromatic nitrogens is 3. The van der Waals surface area contributed by atoms with Gasteiger partial charge in [0, 0.05) is 48.1 Å². The van der Waals surface area contributed by atoms with Gasteiger partial charge in [-0.2, -0.15) is 0 Å². The molecule has 1 amide bonds. The first kappa shape index (κ1) is 19.0. The normalized spacial score (nSPS) is 16.8. The van der Waals surface area contributed by atoms with Crippen LogP contribution in [0.1, 0.15) is 40.5 Å². The van der Waals surface area contributed by atoms with E-state index < -0.39 is 0 Å². The molecule has 152 valence electrons. The number of H-pyrrole nitrogens is 1. The predicted molar refractivity (Wildman–Crippen MR) is 108 cm³/mol. The molecule has 1 N–H and O–H groups in total. The van der Waals surface area contributed by atoms with E-state index in [1.165, 1.54) is 10.6 Å². The van der Waals surface area contributed by atoms with Crippen molar-refractivity contribution in [1.29, 1.82) is 0 Å². The van der Waals surface area contributed by atoms with Gasteiger partial charge in [-0.1, -0.05) is 0 Å². The lowest BCUT2D eigenvalue weighted by molar-refractivity contribution is 0.0705. The summed E-state index contributed by atoms with van der Waals surface area (Å²) >= 11 is 0. The highest BCUT2D eigenvalue weighted by atomic mass is 16.5. The van der Waals surface area contributed by atoms with Crippen LogP contribution in [0, 0.1) is 6.92 Å². The molecule has 29 heavy (non-hydrogen) atoms. The number of aryl methyl sites for hydroxylation is 1. The van der Waals surface area contributed by atoms with Crippen molar-refractivity contribution in [2.75, 3.05) is 27.3 Å². The fourth-order valence-corrected chi connectivity index (χ4v) is 3.91. The van der Waals surface area contributed by atoms with Crippen LogP contribution in [0.2, 0.25) is 0 Å². The summed E-state index contributed by atoms with van der Waals surface area (Å²) in [5, 5.41) is 3.16. The zero-order valence-corrected chi connectivity index (χ0v) is 16.8. The van der Waals surface area contributed by atoms with E-state index in [0.29, 0.717) is 41.5 Å². The Morgan fingerprint density at radius 1 is 1.17 bits per heavy atom. The molecule has 0 bridgehead atoms. The number of carbonyl (C=O) groups excluding carboxylic acids is 1. The average Bonchev–Trinajstić information content (AvgIpc) is 3.17. The van der Waals surface area contributed by atoms with Crippen LogP contribution in [0.15, 0.2) is 35.1 Å². The molecule has 0 unspecified atom stereocenters. The molecule has 1 aromatic carbocycles. The molecule has 1 aliphatic heterocycles. The zero-order valence-electron chi connectivity index (χ0n) is 16.8. The Bertz CT molecular complexity index is 1120. The molecule has 0 aliphatic carbocycles. The second kappa shape index (κ2) is 7.62. The fraction of sp³-hybridized carbons (Fsp3) is 0.381. The second-order valence-corrected chi connectivity index (χ2v) is 7.30. The van der Waals surface area contributed by atoms with E-state index in [-0.39, 0.29) is 17.4 Å². The minimum Gasteiger partial charge on any atom is -0.493 e. The number of rotatable bonds is 4. The van der Waals surface area contributed by atoms with E-state index in [1.54, 1.807) is 39.3 Å². The van der Waals surface area contributed by atoms with Gasteiger partial charge in [0.05, 0.1) is 14.2 Å². The third kappa shape index (κ3) is 3.57. The van der Waals surface area contributed by atoms with Crippen molar-refractivity contribution in [3.05, 3.63) is 57.6 Å². The first-order valence-electron chi connectivity index (χ1n) is 9.60. The highest BCUT2D eigenvalue weighted by molar-refractivity contribution is 5.95. The summed E-state index contributed by atoms with van der Waals surface area (Å²) in [5.74, 6) is 1.20. The SMILES string of the molecule is COc1ccc(C(=O)N2CCC[C@@H](c3cc4nc(C)cc(=O)n4[nH]3)C2)cc1OC. The molecule has 0 spiro atoms. The molecule has 0 radical (unpaired) electrons. The predicted octanol–water partition coefficient (Wildman–Crippen LogP) is 2.37. The Morgan fingerprint density at radius 3 is 2.72 bits per heavy atom. The molecule has 1 aliphatic rings. The molecule has 1 fully saturated rings. The van der Waals surface area contributed by atoms with Gasteiger partial charge < -0.3 is 14.4 Å². The zero-order chi connectivity index (χ0) is 20.5. The Kier molecular flexibility index (Phi) is 5.00. The minimum absolute atomic E-state index is 0.0436. The fourth-order valence-electron chi connectivity index (χ4n) is 3.91. The van der Waals surface area contributed by atoms with Crippen LogP contribution in [0.5, 0.6) is 11.5 Å². The van der Waals surface area contributed by atoms with Crippen molar-refractivity contribution in [2.24, 2.45) is 0 Å². The van der Waals surface area contributed by atoms with Crippen molar-refractivity contribution in [2.45, 2.75) is 25.7 Å². The third-order valence-electron chi connectivity index (χ3n) is 5.38. The largest absolute Gasteiger partial charge is 0.493 e. The van der Waals surface area contributed by atoms with Gasteiger partial charge in [-0.25, -0.2) is 9.50 Å². The number of methoxy groups -OCH3 is 2. The van der Waals surface area contributed by atoms with Gasteiger partial charge in [0.2, 0.25) is 0 Å². The van der Waals surface area contributed by atoms with Gasteiger partial charge in [-0.05, 0) is 38.0 Å². The van der Waals surface area contributed by atoms with E-state index >= 15 is 0 Å². The van der Waals surface area contributed by atoms with Gasteiger partial charge in [0.25, 0.3) is 11.5 Å². The second-order valence-electron chi connectivity index (χ2n) is 7.30. The van der Waals surface area contributed by atoms with Crippen molar-refractivity contribution >= 4 is 11.6 Å². The topological polar surface area (TPSA) is 88.9 Å². The maximum atomic E-state index is 13.1. The third-order valence-corrected chi connectivity index (χ3v) is 5.38. The summed E-state index contributed by atoms with van der Waals surface area (Å²) in [6.45, 7) is 3.08. The van der Waals surface area contributed by atoms with Crippen molar-refractivity contribution in [3.8, 4) is 11.5 Å². The van der Waals surface area contributed by atoms with Crippen molar-refractivity contribution in [3.63, 3.8) is 0 Å². The number of hydrogen-bond acceptors (Lipinski definition) is 5. The number of benzene rings is 1. The number of piperidine rings is 1. The summed E-state index contributed by atoms with van der Waals surface area (Å²) in [6, 6.07) is 8.61. The van der Waals surface area contributed by atoms with Crippen LogP contribution in [-0.4, -0.2) is 52.7 Å². The molecule has 1 atom stereocenters. The number of hydrogen-bond donors (Lipinski definition) is 1. The molecular weight excluding hydrogens is 372 g/mol. The lowest BCUT2D eigenvalue weighted by Gasteiger charge is -2.32. The average molecular weight is 396 g/mol. The van der Waals surface area contributed by atoms with Gasteiger partial charge in [0.1, 0.15) is 0 Å². The number of nitrogens with one attached hydrogen (secondary N) is 1. The Morgan fingerprint density at radius 2 is 1.97 bits per heavy atom. The maximum Gasteiger partial charge on any atom is 0.272 e. The summed E-state index contributed by atoms with van der Waals surface area (Å²) in [6.07, 6.45) is 1.83. The van der Waals surface area contributed by atoms with Crippen LogP contribution in [0.4, 0.5) is 0 Å². The summed E-state index contributed by atoms with van der Waals surface area (Å²) in [4.78, 5) is 31.5. The lowest BCUT2D eigenvalue weighted by atomic mass is 9.94. The molecule has 3 aromatic rings. The summed E-state index contributed by atoms with van der Waals surface area (Å²) in [7, 11) is 3.12. The van der Waals surface area contributed by atoms with Crippen LogP contribution < -0.4 is 15.0 Å². The number of aromatic amines is 1. The van der Waals surface area contributed by atoms with Crippen molar-refractivity contribution < 1.29 is 14.3 Å². The highest BCUT2D eigenvalue weighted by Crippen LogP contribution is 2.30. The molecule has 8 nitrogen and oxygen atoms in total. The number of amides is 1. The van der Waals surface area contributed by atoms with Crippen molar-refractivity contribution in [1.82, 2.24) is 19.5 Å². The molecule has 0 saturated carbocycles. The Balaban J connectivity index is 1.58. The molecular formula is C21H24N4O4. The molecule has 2 aromatic heterocycles. The number of nitrogens with zero attached hydrogens (tertiary/aromatic N) is 3. The van der Waals surface area contributed by atoms with Gasteiger partial charge in [-0.15, -0.1) is 0 Å². The molecule has 3 heterocycles.